The zero-order valence-electron chi connectivity index (χ0n) is 19.1. The first-order valence-electron chi connectivity index (χ1n) is 10.6. The monoisotopic (exact) mass is 557 g/mol. The van der Waals surface area contributed by atoms with E-state index in [9.17, 15) is 14.0 Å². The first-order valence-corrected chi connectivity index (χ1v) is 12.2. The van der Waals surface area contributed by atoms with E-state index in [0.717, 1.165) is 11.3 Å². The molecule has 0 aliphatic rings. The van der Waals surface area contributed by atoms with Gasteiger partial charge in [-0.15, -0.1) is 11.3 Å². The lowest BCUT2D eigenvalue weighted by Gasteiger charge is -2.13. The van der Waals surface area contributed by atoms with Crippen LogP contribution in [0.3, 0.4) is 0 Å². The molecule has 0 saturated carbocycles. The molecule has 13 heteroatoms. The molecular formula is C24H18Cl2FN7O2S. The number of nitrogens with zero attached hydrogens (tertiary/aromatic N) is 4. The Balaban J connectivity index is 1.42. The number of pyridine rings is 1. The number of thiazole rings is 1. The molecule has 1 atom stereocenters. The van der Waals surface area contributed by atoms with E-state index in [4.69, 9.17) is 23.2 Å². The summed E-state index contributed by atoms with van der Waals surface area (Å²) < 4.78 is 13.3. The molecule has 1 unspecified atom stereocenters. The predicted octanol–water partition coefficient (Wildman–Crippen LogP) is 6.06. The Morgan fingerprint density at radius 3 is 2.51 bits per heavy atom. The molecule has 2 amide bonds. The maximum atomic E-state index is 13.3. The number of carbonyl (C=O) groups is 2. The minimum Gasteiger partial charge on any atom is -0.342 e. The molecule has 0 aliphatic heterocycles. The predicted molar refractivity (Wildman–Crippen MR) is 142 cm³/mol. The summed E-state index contributed by atoms with van der Waals surface area (Å²) in [6.45, 7) is 4.93. The van der Waals surface area contributed by atoms with Gasteiger partial charge in [0.2, 0.25) is 0 Å². The van der Waals surface area contributed by atoms with Crippen molar-refractivity contribution in [2.24, 2.45) is 0 Å². The van der Waals surface area contributed by atoms with Crippen molar-refractivity contribution in [3.8, 4) is 0 Å². The van der Waals surface area contributed by atoms with Crippen LogP contribution >= 0.6 is 34.5 Å². The van der Waals surface area contributed by atoms with Crippen LogP contribution in [0.25, 0.3) is 5.83 Å². The van der Waals surface area contributed by atoms with E-state index in [1.807, 2.05) is 0 Å². The number of benzene rings is 1. The summed E-state index contributed by atoms with van der Waals surface area (Å²) in [4.78, 5) is 42.1. The average Bonchev–Trinajstić information content (AvgIpc) is 3.37. The molecule has 0 radical (unpaired) electrons. The highest BCUT2D eigenvalue weighted by Gasteiger charge is 2.21. The molecular weight excluding hydrogens is 540 g/mol. The molecule has 3 N–H and O–H groups in total. The Labute approximate surface area is 224 Å². The van der Waals surface area contributed by atoms with Gasteiger partial charge in [0, 0.05) is 29.3 Å². The van der Waals surface area contributed by atoms with Crippen LogP contribution in [0, 0.1) is 0 Å². The molecule has 0 saturated heterocycles. The third kappa shape index (κ3) is 6.26. The fourth-order valence-electron chi connectivity index (χ4n) is 3.11. The molecule has 1 aromatic carbocycles. The lowest BCUT2D eigenvalue weighted by molar-refractivity contribution is 0.0934. The summed E-state index contributed by atoms with van der Waals surface area (Å²) in [5.74, 6) is -1.38. The van der Waals surface area contributed by atoms with Crippen molar-refractivity contribution in [2.45, 2.75) is 13.0 Å². The van der Waals surface area contributed by atoms with Gasteiger partial charge in [-0.25, -0.2) is 19.3 Å². The SMILES string of the molecule is C=C(F)c1ccc(NC(=O)c2cnc(C(C)NC(=O)c3ncnc(Nc4ccncc4)c3Cl)s2)cc1Cl. The molecule has 37 heavy (non-hydrogen) atoms. The number of rotatable bonds is 8. The Hall–Kier alpha value is -3.93. The van der Waals surface area contributed by atoms with E-state index in [2.05, 4.69) is 42.5 Å². The fraction of sp³-hybridized carbons (Fsp3) is 0.0833. The smallest absolute Gasteiger partial charge is 0.272 e. The summed E-state index contributed by atoms with van der Waals surface area (Å²) in [6, 6.07) is 7.26. The summed E-state index contributed by atoms with van der Waals surface area (Å²) in [5.41, 5.74) is 1.19. The van der Waals surface area contributed by atoms with Gasteiger partial charge in [0.1, 0.15) is 27.1 Å². The van der Waals surface area contributed by atoms with E-state index in [-0.39, 0.29) is 27.1 Å². The lowest BCUT2D eigenvalue weighted by Crippen LogP contribution is -2.28. The van der Waals surface area contributed by atoms with E-state index in [0.29, 0.717) is 21.3 Å². The van der Waals surface area contributed by atoms with Crippen molar-refractivity contribution in [3.05, 3.63) is 93.0 Å². The van der Waals surface area contributed by atoms with Gasteiger partial charge in [-0.05, 0) is 37.3 Å². The van der Waals surface area contributed by atoms with Gasteiger partial charge in [0.15, 0.2) is 11.5 Å². The highest BCUT2D eigenvalue weighted by Crippen LogP contribution is 2.29. The Morgan fingerprint density at radius 2 is 1.81 bits per heavy atom. The van der Waals surface area contributed by atoms with Gasteiger partial charge in [0.05, 0.1) is 17.3 Å². The van der Waals surface area contributed by atoms with E-state index >= 15 is 0 Å². The Bertz CT molecular complexity index is 1480. The van der Waals surface area contributed by atoms with Crippen LogP contribution in [0.2, 0.25) is 10.0 Å². The zero-order valence-corrected chi connectivity index (χ0v) is 21.5. The lowest BCUT2D eigenvalue weighted by atomic mass is 10.2. The van der Waals surface area contributed by atoms with Crippen LogP contribution in [-0.4, -0.2) is 31.8 Å². The number of hydrogen-bond donors (Lipinski definition) is 3. The van der Waals surface area contributed by atoms with Crippen LogP contribution in [0.15, 0.2) is 61.8 Å². The number of nitrogens with one attached hydrogen (secondary N) is 3. The number of aromatic nitrogens is 4. The van der Waals surface area contributed by atoms with Gasteiger partial charge in [-0.3, -0.25) is 14.6 Å². The minimum atomic E-state index is -0.671. The highest BCUT2D eigenvalue weighted by atomic mass is 35.5. The first kappa shape index (κ1) is 26.1. The molecule has 0 fully saturated rings. The molecule has 3 aromatic heterocycles. The van der Waals surface area contributed by atoms with E-state index in [1.54, 1.807) is 31.5 Å². The van der Waals surface area contributed by atoms with E-state index in [1.165, 1.54) is 30.7 Å². The molecule has 4 aromatic rings. The van der Waals surface area contributed by atoms with Gasteiger partial charge < -0.3 is 16.0 Å². The molecule has 0 spiro atoms. The fourth-order valence-corrected chi connectivity index (χ4v) is 4.44. The summed E-state index contributed by atoms with van der Waals surface area (Å²) in [7, 11) is 0. The van der Waals surface area contributed by atoms with Crippen molar-refractivity contribution in [3.63, 3.8) is 0 Å². The maximum absolute atomic E-state index is 13.3. The van der Waals surface area contributed by atoms with Crippen LogP contribution < -0.4 is 16.0 Å². The largest absolute Gasteiger partial charge is 0.342 e. The van der Waals surface area contributed by atoms with Crippen molar-refractivity contribution >= 4 is 69.4 Å². The second-order valence-electron chi connectivity index (χ2n) is 7.56. The van der Waals surface area contributed by atoms with E-state index < -0.39 is 23.7 Å². The Kier molecular flexibility index (Phi) is 8.07. The Morgan fingerprint density at radius 1 is 1.05 bits per heavy atom. The summed E-state index contributed by atoms with van der Waals surface area (Å²) in [6.07, 6.45) is 5.82. The van der Waals surface area contributed by atoms with Crippen molar-refractivity contribution in [1.29, 1.82) is 0 Å². The van der Waals surface area contributed by atoms with Crippen LogP contribution in [0.4, 0.5) is 21.6 Å². The van der Waals surface area contributed by atoms with Gasteiger partial charge in [0.25, 0.3) is 11.8 Å². The number of carbonyl (C=O) groups excluding carboxylic acids is 2. The third-order valence-corrected chi connectivity index (χ3v) is 6.78. The second-order valence-corrected chi connectivity index (χ2v) is 9.40. The van der Waals surface area contributed by atoms with Crippen molar-refractivity contribution < 1.29 is 14.0 Å². The minimum absolute atomic E-state index is 0.0223. The number of anilines is 3. The molecule has 0 aliphatic carbocycles. The topological polar surface area (TPSA) is 122 Å². The average molecular weight is 558 g/mol. The summed E-state index contributed by atoms with van der Waals surface area (Å²) >= 11 is 13.5. The highest BCUT2D eigenvalue weighted by molar-refractivity contribution is 7.13. The molecule has 3 heterocycles. The summed E-state index contributed by atoms with van der Waals surface area (Å²) in [5, 5.41) is 9.12. The molecule has 188 valence electrons. The second kappa shape index (κ2) is 11.4. The number of amides is 2. The quantitative estimate of drug-likeness (QED) is 0.240. The number of halogens is 3. The van der Waals surface area contributed by atoms with Crippen LogP contribution in [0.1, 0.15) is 43.7 Å². The molecule has 0 bridgehead atoms. The first-order chi connectivity index (χ1) is 17.7. The van der Waals surface area contributed by atoms with Crippen molar-refractivity contribution in [1.82, 2.24) is 25.3 Å². The van der Waals surface area contributed by atoms with Gasteiger partial charge >= 0.3 is 0 Å². The van der Waals surface area contributed by atoms with Crippen LogP contribution in [0.5, 0.6) is 0 Å². The number of hydrogen-bond acceptors (Lipinski definition) is 8. The normalized spacial score (nSPS) is 11.5. The van der Waals surface area contributed by atoms with Gasteiger partial charge in [-0.2, -0.15) is 0 Å². The zero-order chi connectivity index (χ0) is 26.5. The third-order valence-electron chi connectivity index (χ3n) is 4.93. The standard InChI is InChI=1S/C24H18Cl2FN7O2S/c1-12(27)16-4-3-15(9-17(16)25)34-22(35)18-10-29-24(37-18)13(2)32-23(36)20-19(26)21(31-11-30-20)33-14-5-7-28-8-6-14/h3-11,13H,1H2,2H3,(H,32,36)(H,34,35)(H,28,30,31,33). The van der Waals surface area contributed by atoms with Gasteiger partial charge in [-0.1, -0.05) is 29.8 Å². The molecule has 9 nitrogen and oxygen atoms in total. The van der Waals surface area contributed by atoms with Crippen LogP contribution in [-0.2, 0) is 0 Å². The van der Waals surface area contributed by atoms with Crippen molar-refractivity contribution in [2.75, 3.05) is 10.6 Å². The maximum Gasteiger partial charge on any atom is 0.272 e. The molecule has 4 rings (SSSR count).